The van der Waals surface area contributed by atoms with Gasteiger partial charge in [-0.05, 0) is 77.6 Å². The van der Waals surface area contributed by atoms with E-state index in [1.54, 1.807) is 57.7 Å². The Balaban J connectivity index is 1.75. The summed E-state index contributed by atoms with van der Waals surface area (Å²) in [6.07, 6.45) is -0.909. The molecule has 1 atom stereocenters. The van der Waals surface area contributed by atoms with E-state index in [0.717, 1.165) is 11.3 Å². The van der Waals surface area contributed by atoms with E-state index in [2.05, 4.69) is 14.3 Å². The molecule has 1 aliphatic rings. The Morgan fingerprint density at radius 3 is 2.46 bits per heavy atom. The first-order valence-electron chi connectivity index (χ1n) is 14.2. The molecule has 0 unspecified atom stereocenters. The molecular weight excluding hydrogens is 652 g/mol. The van der Waals surface area contributed by atoms with Crippen molar-refractivity contribution in [3.63, 3.8) is 0 Å². The van der Waals surface area contributed by atoms with E-state index in [1.807, 2.05) is 6.92 Å². The van der Waals surface area contributed by atoms with Gasteiger partial charge >= 0.3 is 21.7 Å². The van der Waals surface area contributed by atoms with E-state index >= 15 is 0 Å². The first-order chi connectivity index (χ1) is 21.3. The maximum atomic E-state index is 14.7. The fourth-order valence-electron chi connectivity index (χ4n) is 5.11. The molecule has 0 radical (unpaired) electrons. The number of hydrogen-bond donors (Lipinski definition) is 0. The fraction of sp³-hybridized carbons (Fsp3) is 0.433. The van der Waals surface area contributed by atoms with Gasteiger partial charge in [-0.3, -0.25) is 9.58 Å². The number of aromatic nitrogens is 3. The number of ether oxygens (including phenoxy) is 2. The maximum absolute atomic E-state index is 14.7. The lowest BCUT2D eigenvalue weighted by Gasteiger charge is -2.35. The van der Waals surface area contributed by atoms with Crippen molar-refractivity contribution in [1.82, 2.24) is 19.7 Å². The second-order valence-corrected chi connectivity index (χ2v) is 14.7. The second-order valence-electron chi connectivity index (χ2n) is 12.2. The van der Waals surface area contributed by atoms with E-state index in [9.17, 15) is 30.8 Å². The van der Waals surface area contributed by atoms with E-state index in [4.69, 9.17) is 9.47 Å². The van der Waals surface area contributed by atoms with Gasteiger partial charge in [0.2, 0.25) is 5.88 Å². The highest BCUT2D eigenvalue weighted by molar-refractivity contribution is 7.88. The molecule has 10 nitrogen and oxygen atoms in total. The Hall–Kier alpha value is -3.92. The van der Waals surface area contributed by atoms with Gasteiger partial charge in [0.15, 0.2) is 0 Å². The maximum Gasteiger partial charge on any atom is 0.534 e. The zero-order chi connectivity index (χ0) is 33.9. The number of benzene rings is 1. The van der Waals surface area contributed by atoms with Crippen molar-refractivity contribution < 1.29 is 44.4 Å². The molecule has 1 aromatic carbocycles. The first-order valence-corrected chi connectivity index (χ1v) is 16.5. The van der Waals surface area contributed by atoms with Crippen LogP contribution in [0.25, 0.3) is 32.6 Å². The third kappa shape index (κ3) is 6.49. The normalized spacial score (nSPS) is 15.7. The Kier molecular flexibility index (Phi) is 8.51. The average Bonchev–Trinajstić information content (AvgIpc) is 3.53. The van der Waals surface area contributed by atoms with Crippen molar-refractivity contribution in [3.05, 3.63) is 46.7 Å². The lowest BCUT2D eigenvalue weighted by Crippen LogP contribution is -2.46. The van der Waals surface area contributed by atoms with Crippen LogP contribution in [0.5, 0.6) is 11.6 Å². The third-order valence-corrected chi connectivity index (χ3v) is 8.83. The van der Waals surface area contributed by atoms with Gasteiger partial charge in [-0.15, -0.1) is 11.3 Å². The SMILES string of the molecule is Cc1cc(F)cc(OC(C)C)c1-c1c(-c2cc3n(n2)C[C@@H](C)N(C(=O)OC(C)(C)C)C3)nc(OS(=O)(=O)C(F)(F)F)c2ccsc12. The molecule has 0 bridgehead atoms. The molecule has 3 aromatic heterocycles. The minimum Gasteiger partial charge on any atom is -0.490 e. The molecular formula is C30H32F4N4O6S2. The lowest BCUT2D eigenvalue weighted by molar-refractivity contribution is -0.0500. The molecule has 1 aliphatic heterocycles. The molecule has 0 fully saturated rings. The number of hydrogen-bond acceptors (Lipinski definition) is 9. The summed E-state index contributed by atoms with van der Waals surface area (Å²) < 4.78 is 97.3. The van der Waals surface area contributed by atoms with Gasteiger partial charge in [0.25, 0.3) is 0 Å². The number of aryl methyl sites for hydroxylation is 1. The Morgan fingerprint density at radius 1 is 1.13 bits per heavy atom. The molecule has 248 valence electrons. The topological polar surface area (TPSA) is 113 Å². The second kappa shape index (κ2) is 11.7. The third-order valence-electron chi connectivity index (χ3n) is 6.96. The van der Waals surface area contributed by atoms with Crippen LogP contribution in [0.3, 0.4) is 0 Å². The fourth-order valence-corrected chi connectivity index (χ4v) is 6.48. The van der Waals surface area contributed by atoms with Crippen molar-refractivity contribution in [2.75, 3.05) is 0 Å². The van der Waals surface area contributed by atoms with E-state index in [0.29, 0.717) is 27.1 Å². The number of halogens is 4. The summed E-state index contributed by atoms with van der Waals surface area (Å²) in [6.45, 7) is 12.6. The Labute approximate surface area is 267 Å². The van der Waals surface area contributed by atoms with Crippen molar-refractivity contribution in [3.8, 4) is 34.1 Å². The van der Waals surface area contributed by atoms with E-state index in [1.165, 1.54) is 23.1 Å². The summed E-state index contributed by atoms with van der Waals surface area (Å²) in [4.78, 5) is 18.8. The van der Waals surface area contributed by atoms with Crippen LogP contribution in [0.2, 0.25) is 0 Å². The number of fused-ring (bicyclic) bond motifs is 2. The Bertz CT molecular complexity index is 1930. The van der Waals surface area contributed by atoms with Gasteiger partial charge in [0.05, 0.1) is 36.3 Å². The summed E-state index contributed by atoms with van der Waals surface area (Å²) in [5, 5.41) is 6.22. The molecule has 1 amide bonds. The zero-order valence-electron chi connectivity index (χ0n) is 26.0. The predicted octanol–water partition coefficient (Wildman–Crippen LogP) is 7.43. The van der Waals surface area contributed by atoms with Crippen LogP contribution in [0, 0.1) is 12.7 Å². The molecule has 0 saturated heterocycles. The van der Waals surface area contributed by atoms with Gasteiger partial charge in [-0.25, -0.2) is 14.2 Å². The first kappa shape index (κ1) is 33.4. The quantitative estimate of drug-likeness (QED) is 0.117. The molecule has 46 heavy (non-hydrogen) atoms. The highest BCUT2D eigenvalue weighted by Gasteiger charge is 2.49. The van der Waals surface area contributed by atoms with Crippen LogP contribution < -0.4 is 8.92 Å². The van der Waals surface area contributed by atoms with Crippen LogP contribution in [-0.4, -0.2) is 57.4 Å². The monoisotopic (exact) mass is 684 g/mol. The van der Waals surface area contributed by atoms with Crippen LogP contribution in [-0.2, 0) is 27.9 Å². The minimum absolute atomic E-state index is 0.00973. The number of nitrogens with zero attached hydrogens (tertiary/aromatic N) is 4. The van der Waals surface area contributed by atoms with Crippen LogP contribution in [0.1, 0.15) is 52.8 Å². The highest BCUT2D eigenvalue weighted by Crippen LogP contribution is 2.48. The number of amides is 1. The number of pyridine rings is 1. The number of carbonyl (C=O) groups excluding carboxylic acids is 1. The molecule has 4 aromatic rings. The summed E-state index contributed by atoms with van der Waals surface area (Å²) in [6, 6.07) is 5.15. The summed E-state index contributed by atoms with van der Waals surface area (Å²) in [5.74, 6) is -1.22. The van der Waals surface area contributed by atoms with E-state index in [-0.39, 0.29) is 47.8 Å². The summed E-state index contributed by atoms with van der Waals surface area (Å²) in [7, 11) is -6.09. The number of rotatable bonds is 6. The van der Waals surface area contributed by atoms with Crippen molar-refractivity contribution in [2.45, 2.75) is 84.8 Å². The van der Waals surface area contributed by atoms with E-state index < -0.39 is 39.0 Å². The molecule has 16 heteroatoms. The van der Waals surface area contributed by atoms with Gasteiger partial charge in [-0.2, -0.15) is 26.7 Å². The van der Waals surface area contributed by atoms with Gasteiger partial charge in [-0.1, -0.05) is 0 Å². The largest absolute Gasteiger partial charge is 0.534 e. The highest BCUT2D eigenvalue weighted by atomic mass is 32.2. The number of carbonyl (C=O) groups is 1. The summed E-state index contributed by atoms with van der Waals surface area (Å²) >= 11 is 1.10. The average molecular weight is 685 g/mol. The molecule has 0 N–H and O–H groups in total. The molecule has 4 heterocycles. The Morgan fingerprint density at radius 2 is 1.83 bits per heavy atom. The van der Waals surface area contributed by atoms with Gasteiger partial charge in [0, 0.05) is 21.9 Å². The minimum atomic E-state index is -6.09. The molecule has 0 aliphatic carbocycles. The van der Waals surface area contributed by atoms with Crippen molar-refractivity contribution in [1.29, 1.82) is 0 Å². The lowest BCUT2D eigenvalue weighted by atomic mass is 9.95. The van der Waals surface area contributed by atoms with Crippen LogP contribution in [0.4, 0.5) is 22.4 Å². The molecule has 0 spiro atoms. The molecule has 5 rings (SSSR count). The van der Waals surface area contributed by atoms with Crippen LogP contribution in [0.15, 0.2) is 29.6 Å². The van der Waals surface area contributed by atoms with Crippen molar-refractivity contribution in [2.24, 2.45) is 0 Å². The van der Waals surface area contributed by atoms with Gasteiger partial charge in [0.1, 0.15) is 28.6 Å². The number of thiophene rings is 1. The molecule has 0 saturated carbocycles. The zero-order valence-corrected chi connectivity index (χ0v) is 27.7. The number of alkyl halides is 3. The predicted molar refractivity (Wildman–Crippen MR) is 164 cm³/mol. The smallest absolute Gasteiger partial charge is 0.490 e. The van der Waals surface area contributed by atoms with Crippen LogP contribution >= 0.6 is 11.3 Å². The standard InChI is InChI=1S/C30H32F4N4O6S2/c1-15(2)42-22-11-18(31)10-16(3)23(22)24-25(35-27(20-8-9-45-26(20)24)44-46(40,41)30(32,33)34)21-12-19-14-37(17(4)13-38(19)36-21)28(39)43-29(5,6)7/h8-12,15,17H,13-14H2,1-7H3/t17-/m1/s1. The van der Waals surface area contributed by atoms with Crippen molar-refractivity contribution >= 4 is 37.6 Å². The summed E-state index contributed by atoms with van der Waals surface area (Å²) in [5.41, 5.74) is -4.58. The van der Waals surface area contributed by atoms with Gasteiger partial charge < -0.3 is 13.7 Å².